The second kappa shape index (κ2) is 8.98. The molecule has 0 spiro atoms. The third-order valence-electron chi connectivity index (χ3n) is 5.32. The average Bonchev–Trinajstić information content (AvgIpc) is 3.09. The van der Waals surface area contributed by atoms with Crippen LogP contribution in [0.25, 0.3) is 11.0 Å². The van der Waals surface area contributed by atoms with E-state index in [4.69, 9.17) is 4.74 Å². The predicted molar refractivity (Wildman–Crippen MR) is 116 cm³/mol. The molecule has 0 aliphatic carbocycles. The maximum Gasteiger partial charge on any atom is 0.227 e. The molecule has 2 aromatic carbocycles. The fraction of sp³-hybridized carbons (Fsp3) is 0.348. The van der Waals surface area contributed by atoms with Crippen LogP contribution >= 0.6 is 0 Å². The van der Waals surface area contributed by atoms with Gasteiger partial charge in [-0.05, 0) is 37.6 Å². The number of nitrogens with one attached hydrogen (secondary N) is 1. The summed E-state index contributed by atoms with van der Waals surface area (Å²) in [6.07, 6.45) is 1.18. The van der Waals surface area contributed by atoms with Crippen molar-refractivity contribution in [3.8, 4) is 5.75 Å². The number of carbonyl (C=O) groups is 2. The van der Waals surface area contributed by atoms with Crippen molar-refractivity contribution in [2.24, 2.45) is 0 Å². The van der Waals surface area contributed by atoms with Crippen molar-refractivity contribution in [2.45, 2.75) is 32.7 Å². The van der Waals surface area contributed by atoms with E-state index in [9.17, 15) is 9.59 Å². The van der Waals surface area contributed by atoms with Gasteiger partial charge in [0, 0.05) is 25.9 Å². The molecule has 0 atom stereocenters. The molecule has 0 saturated heterocycles. The summed E-state index contributed by atoms with van der Waals surface area (Å²) in [5.74, 6) is 1.53. The molecule has 30 heavy (non-hydrogen) atoms. The van der Waals surface area contributed by atoms with Crippen LogP contribution in [0.4, 0.5) is 5.69 Å². The lowest BCUT2D eigenvalue weighted by atomic mass is 10.2. The van der Waals surface area contributed by atoms with Crippen LogP contribution in [0, 0.1) is 6.92 Å². The van der Waals surface area contributed by atoms with Crippen molar-refractivity contribution < 1.29 is 14.3 Å². The Bertz CT molecular complexity index is 1060. The van der Waals surface area contributed by atoms with Crippen molar-refractivity contribution in [1.82, 2.24) is 14.9 Å². The molecule has 0 unspecified atom stereocenters. The van der Waals surface area contributed by atoms with Gasteiger partial charge in [-0.1, -0.05) is 24.3 Å². The molecule has 0 fully saturated rings. The van der Waals surface area contributed by atoms with Gasteiger partial charge in [-0.25, -0.2) is 4.98 Å². The number of fused-ring (bicyclic) bond motifs is 2. The van der Waals surface area contributed by atoms with Crippen molar-refractivity contribution in [3.63, 3.8) is 0 Å². The molecule has 2 heterocycles. The van der Waals surface area contributed by atoms with E-state index in [1.54, 1.807) is 4.90 Å². The van der Waals surface area contributed by atoms with Gasteiger partial charge in [-0.15, -0.1) is 0 Å². The van der Waals surface area contributed by atoms with Gasteiger partial charge in [-0.3, -0.25) is 9.59 Å². The summed E-state index contributed by atoms with van der Waals surface area (Å²) in [6, 6.07) is 15.5. The number of amides is 2. The molecule has 7 nitrogen and oxygen atoms in total. The van der Waals surface area contributed by atoms with Gasteiger partial charge in [0.15, 0.2) is 0 Å². The Hall–Kier alpha value is -3.35. The summed E-state index contributed by atoms with van der Waals surface area (Å²) in [4.78, 5) is 31.1. The summed E-state index contributed by atoms with van der Waals surface area (Å²) in [7, 11) is 0. The van der Waals surface area contributed by atoms with Crippen LogP contribution in [0.1, 0.15) is 25.1 Å². The van der Waals surface area contributed by atoms with Gasteiger partial charge in [0.25, 0.3) is 0 Å². The first kappa shape index (κ1) is 19.9. The third kappa shape index (κ3) is 4.30. The second-order valence-corrected chi connectivity index (χ2v) is 7.36. The summed E-state index contributed by atoms with van der Waals surface area (Å²) in [6.45, 7) is 4.33. The summed E-state index contributed by atoms with van der Waals surface area (Å²) in [5.41, 5.74) is 2.87. The van der Waals surface area contributed by atoms with Crippen LogP contribution in [0.15, 0.2) is 48.5 Å². The number of rotatable bonds is 7. The van der Waals surface area contributed by atoms with E-state index in [2.05, 4.69) is 20.9 Å². The van der Waals surface area contributed by atoms with Gasteiger partial charge in [0.1, 0.15) is 18.2 Å². The Labute approximate surface area is 175 Å². The summed E-state index contributed by atoms with van der Waals surface area (Å²) in [5, 5.41) is 2.92. The third-order valence-corrected chi connectivity index (χ3v) is 5.32. The minimum atomic E-state index is -0.0999. The number of benzene rings is 2. The highest BCUT2D eigenvalue weighted by molar-refractivity contribution is 5.97. The van der Waals surface area contributed by atoms with Crippen LogP contribution in [0.5, 0.6) is 5.75 Å². The molecule has 3 aromatic rings. The average molecular weight is 406 g/mol. The number of hydrogen-bond acceptors (Lipinski definition) is 4. The summed E-state index contributed by atoms with van der Waals surface area (Å²) >= 11 is 0. The van der Waals surface area contributed by atoms with Crippen molar-refractivity contribution in [3.05, 3.63) is 54.4 Å². The molecule has 2 amide bonds. The van der Waals surface area contributed by atoms with Crippen LogP contribution in [0.3, 0.4) is 0 Å². The number of imidazole rings is 1. The van der Waals surface area contributed by atoms with Crippen LogP contribution in [-0.4, -0.2) is 41.1 Å². The molecule has 1 aliphatic heterocycles. The topological polar surface area (TPSA) is 76.5 Å². The largest absolute Gasteiger partial charge is 0.490 e. The van der Waals surface area contributed by atoms with Crippen LogP contribution in [-0.2, 0) is 16.1 Å². The van der Waals surface area contributed by atoms with Gasteiger partial charge in [0.2, 0.25) is 11.8 Å². The van der Waals surface area contributed by atoms with Gasteiger partial charge in [-0.2, -0.15) is 0 Å². The number of para-hydroxylation sites is 4. The fourth-order valence-corrected chi connectivity index (χ4v) is 3.82. The van der Waals surface area contributed by atoms with E-state index in [-0.39, 0.29) is 24.7 Å². The summed E-state index contributed by atoms with van der Waals surface area (Å²) < 4.78 is 7.75. The predicted octanol–water partition coefficient (Wildman–Crippen LogP) is 3.06. The molecule has 0 saturated carbocycles. The molecule has 0 bridgehead atoms. The lowest BCUT2D eigenvalue weighted by Crippen LogP contribution is -2.38. The smallest absolute Gasteiger partial charge is 0.227 e. The van der Waals surface area contributed by atoms with Gasteiger partial charge < -0.3 is 19.5 Å². The zero-order valence-corrected chi connectivity index (χ0v) is 17.1. The number of carbonyl (C=O) groups excluding carboxylic acids is 2. The lowest BCUT2D eigenvalue weighted by Gasteiger charge is -2.29. The van der Waals surface area contributed by atoms with E-state index >= 15 is 0 Å². The van der Waals surface area contributed by atoms with Crippen molar-refractivity contribution in [2.75, 3.05) is 24.6 Å². The highest BCUT2D eigenvalue weighted by atomic mass is 16.5. The molecular weight excluding hydrogens is 380 g/mol. The first-order valence-corrected chi connectivity index (χ1v) is 10.3. The first-order chi connectivity index (χ1) is 14.6. The zero-order valence-electron chi connectivity index (χ0n) is 17.1. The minimum absolute atomic E-state index is 0.0542. The molecule has 7 heteroatoms. The Morgan fingerprint density at radius 1 is 1.10 bits per heavy atom. The number of aryl methyl sites for hydroxylation is 2. The van der Waals surface area contributed by atoms with E-state index in [1.807, 2.05) is 49.4 Å². The Morgan fingerprint density at radius 3 is 2.80 bits per heavy atom. The highest BCUT2D eigenvalue weighted by Crippen LogP contribution is 2.31. The van der Waals surface area contributed by atoms with Crippen LogP contribution < -0.4 is 15.0 Å². The monoisotopic (exact) mass is 406 g/mol. The molecule has 156 valence electrons. The molecule has 0 radical (unpaired) electrons. The SMILES string of the molecule is Cc1nc2ccccc2n1CCCNC(=O)CCC(=O)N1CCOc2ccccc21. The standard InChI is InChI=1S/C23H26N4O3/c1-17-25-18-7-2-3-8-19(18)26(17)14-6-13-24-22(28)11-12-23(29)27-15-16-30-21-10-5-4-9-20(21)27/h2-5,7-10H,6,11-16H2,1H3,(H,24,28). The van der Waals surface area contributed by atoms with Crippen molar-refractivity contribution in [1.29, 1.82) is 0 Å². The van der Waals surface area contributed by atoms with Gasteiger partial charge >= 0.3 is 0 Å². The normalized spacial score (nSPS) is 13.0. The highest BCUT2D eigenvalue weighted by Gasteiger charge is 2.23. The number of hydrogen-bond donors (Lipinski definition) is 1. The second-order valence-electron chi connectivity index (χ2n) is 7.36. The molecule has 1 aliphatic rings. The van der Waals surface area contributed by atoms with E-state index < -0.39 is 0 Å². The molecular formula is C23H26N4O3. The first-order valence-electron chi connectivity index (χ1n) is 10.3. The maximum atomic E-state index is 12.6. The molecule has 1 aromatic heterocycles. The van der Waals surface area contributed by atoms with Gasteiger partial charge in [0.05, 0.1) is 23.3 Å². The lowest BCUT2D eigenvalue weighted by molar-refractivity contribution is -0.125. The number of anilines is 1. The number of aromatic nitrogens is 2. The minimum Gasteiger partial charge on any atom is -0.490 e. The van der Waals surface area contributed by atoms with E-state index in [0.717, 1.165) is 35.5 Å². The van der Waals surface area contributed by atoms with Crippen LogP contribution in [0.2, 0.25) is 0 Å². The Balaban J connectivity index is 1.22. The number of nitrogens with zero attached hydrogens (tertiary/aromatic N) is 3. The quantitative estimate of drug-likeness (QED) is 0.612. The Kier molecular flexibility index (Phi) is 5.97. The zero-order chi connectivity index (χ0) is 20.9. The molecule has 4 rings (SSSR count). The number of ether oxygens (including phenoxy) is 1. The molecule has 1 N–H and O–H groups in total. The Morgan fingerprint density at radius 2 is 1.90 bits per heavy atom. The van der Waals surface area contributed by atoms with Crippen molar-refractivity contribution >= 4 is 28.5 Å². The maximum absolute atomic E-state index is 12.6. The fourth-order valence-electron chi connectivity index (χ4n) is 3.82. The van der Waals surface area contributed by atoms with E-state index in [0.29, 0.717) is 25.4 Å². The van der Waals surface area contributed by atoms with E-state index in [1.165, 1.54) is 0 Å².